The molecular formula is C27H29N3O4S. The van der Waals surface area contributed by atoms with Gasteiger partial charge in [-0.3, -0.25) is 19.3 Å². The minimum absolute atomic E-state index is 0.0921. The highest BCUT2D eigenvalue weighted by molar-refractivity contribution is 7.12. The van der Waals surface area contributed by atoms with E-state index in [1.807, 2.05) is 18.2 Å². The molecule has 0 spiro atoms. The molecule has 35 heavy (non-hydrogen) atoms. The fourth-order valence-corrected chi connectivity index (χ4v) is 4.96. The van der Waals surface area contributed by atoms with Crippen LogP contribution in [0.15, 0.2) is 72.1 Å². The van der Waals surface area contributed by atoms with E-state index in [1.165, 1.54) is 16.2 Å². The summed E-state index contributed by atoms with van der Waals surface area (Å²) in [4.78, 5) is 41.8. The smallest absolute Gasteiger partial charge is 0.261 e. The molecule has 182 valence electrons. The molecule has 1 saturated carbocycles. The molecule has 8 heteroatoms. The molecule has 0 bridgehead atoms. The standard InChI is InChI=1S/C27H29N3O4S/c1-34-22-15-13-19(14-16-22)25(27(33)29-20-8-5-6-9-20)30(21-10-3-2-4-11-21)24(31)18-28-26(32)23-12-7-17-35-23/h2-4,7,10-17,20,25H,5-6,8-9,18H2,1H3,(H,28,32)(H,29,33)/t25-/m0/s1. The van der Waals surface area contributed by atoms with Gasteiger partial charge in [-0.1, -0.05) is 49.2 Å². The second-order valence-corrected chi connectivity index (χ2v) is 9.37. The third kappa shape index (κ3) is 6.08. The number of thiophene rings is 1. The molecule has 1 aliphatic carbocycles. The highest BCUT2D eigenvalue weighted by Gasteiger charge is 2.34. The molecule has 0 saturated heterocycles. The van der Waals surface area contributed by atoms with E-state index in [2.05, 4.69) is 10.6 Å². The van der Waals surface area contributed by atoms with E-state index in [1.54, 1.807) is 61.0 Å². The van der Waals surface area contributed by atoms with Crippen LogP contribution in [-0.4, -0.2) is 37.4 Å². The number of rotatable bonds is 9. The lowest BCUT2D eigenvalue weighted by Gasteiger charge is -2.32. The summed E-state index contributed by atoms with van der Waals surface area (Å²) in [5, 5.41) is 7.65. The third-order valence-corrected chi connectivity index (χ3v) is 6.96. The van der Waals surface area contributed by atoms with Crippen LogP contribution in [0.2, 0.25) is 0 Å². The monoisotopic (exact) mass is 491 g/mol. The van der Waals surface area contributed by atoms with Gasteiger partial charge in [0.2, 0.25) is 11.8 Å². The minimum Gasteiger partial charge on any atom is -0.497 e. The summed E-state index contributed by atoms with van der Waals surface area (Å²) in [5.74, 6) is -0.297. The fourth-order valence-electron chi connectivity index (χ4n) is 4.32. The number of hydrogen-bond acceptors (Lipinski definition) is 5. The molecule has 3 aromatic rings. The third-order valence-electron chi connectivity index (χ3n) is 6.09. The van der Waals surface area contributed by atoms with Gasteiger partial charge in [-0.2, -0.15) is 0 Å². The lowest BCUT2D eigenvalue weighted by atomic mass is 10.0. The molecular weight excluding hydrogens is 462 g/mol. The van der Waals surface area contributed by atoms with Gasteiger partial charge >= 0.3 is 0 Å². The Labute approximate surface area is 209 Å². The Morgan fingerprint density at radius 2 is 1.71 bits per heavy atom. The van der Waals surface area contributed by atoms with Crippen LogP contribution < -0.4 is 20.3 Å². The zero-order valence-corrected chi connectivity index (χ0v) is 20.4. The van der Waals surface area contributed by atoms with Crippen LogP contribution in [0, 0.1) is 0 Å². The first-order chi connectivity index (χ1) is 17.1. The van der Waals surface area contributed by atoms with Crippen molar-refractivity contribution < 1.29 is 19.1 Å². The van der Waals surface area contributed by atoms with Gasteiger partial charge in [0, 0.05) is 11.7 Å². The van der Waals surface area contributed by atoms with Crippen molar-refractivity contribution in [3.63, 3.8) is 0 Å². The lowest BCUT2D eigenvalue weighted by molar-refractivity contribution is -0.126. The zero-order chi connectivity index (χ0) is 24.6. The molecule has 0 radical (unpaired) electrons. The second-order valence-electron chi connectivity index (χ2n) is 8.42. The highest BCUT2D eigenvalue weighted by Crippen LogP contribution is 2.30. The van der Waals surface area contributed by atoms with Gasteiger partial charge in [-0.15, -0.1) is 11.3 Å². The Morgan fingerprint density at radius 1 is 1.00 bits per heavy atom. The van der Waals surface area contributed by atoms with E-state index in [4.69, 9.17) is 4.74 Å². The quantitative estimate of drug-likeness (QED) is 0.467. The number of anilines is 1. The van der Waals surface area contributed by atoms with Crippen LogP contribution >= 0.6 is 11.3 Å². The molecule has 7 nitrogen and oxygen atoms in total. The number of benzene rings is 2. The second kappa shape index (κ2) is 11.7. The fraction of sp³-hybridized carbons (Fsp3) is 0.296. The van der Waals surface area contributed by atoms with Crippen molar-refractivity contribution in [2.45, 2.75) is 37.8 Å². The minimum atomic E-state index is -0.907. The average Bonchev–Trinajstić information content (AvgIpc) is 3.61. The van der Waals surface area contributed by atoms with Crippen molar-refractivity contribution in [3.05, 3.63) is 82.6 Å². The van der Waals surface area contributed by atoms with E-state index < -0.39 is 6.04 Å². The van der Waals surface area contributed by atoms with Crippen molar-refractivity contribution in [2.75, 3.05) is 18.6 Å². The Morgan fingerprint density at radius 3 is 2.34 bits per heavy atom. The average molecular weight is 492 g/mol. The number of ether oxygens (including phenoxy) is 1. The molecule has 1 aliphatic rings. The van der Waals surface area contributed by atoms with Crippen LogP contribution in [0.5, 0.6) is 5.75 Å². The number of para-hydroxylation sites is 1. The SMILES string of the molecule is COc1ccc([C@@H](C(=O)NC2CCCC2)N(C(=O)CNC(=O)c2cccs2)c2ccccc2)cc1. The molecule has 2 N–H and O–H groups in total. The molecule has 0 unspecified atom stereocenters. The first-order valence-corrected chi connectivity index (χ1v) is 12.6. The van der Waals surface area contributed by atoms with Crippen molar-refractivity contribution in [2.24, 2.45) is 0 Å². The molecule has 1 atom stereocenters. The predicted molar refractivity (Wildman–Crippen MR) is 137 cm³/mol. The van der Waals surface area contributed by atoms with Gasteiger partial charge in [0.15, 0.2) is 0 Å². The van der Waals surface area contributed by atoms with E-state index in [-0.39, 0.29) is 30.3 Å². The maximum Gasteiger partial charge on any atom is 0.261 e. The molecule has 4 rings (SSSR count). The first kappa shape index (κ1) is 24.5. The number of carbonyl (C=O) groups excluding carboxylic acids is 3. The number of methoxy groups -OCH3 is 1. The van der Waals surface area contributed by atoms with Crippen molar-refractivity contribution in [1.29, 1.82) is 0 Å². The number of nitrogens with one attached hydrogen (secondary N) is 2. The summed E-state index contributed by atoms with van der Waals surface area (Å²) in [7, 11) is 1.58. The summed E-state index contributed by atoms with van der Waals surface area (Å²) in [6.07, 6.45) is 4.01. The van der Waals surface area contributed by atoms with E-state index in [0.717, 1.165) is 25.7 Å². The van der Waals surface area contributed by atoms with Crippen molar-refractivity contribution >= 4 is 34.7 Å². The lowest BCUT2D eigenvalue weighted by Crippen LogP contribution is -2.49. The Bertz CT molecular complexity index is 1130. The molecule has 3 amide bonds. The van der Waals surface area contributed by atoms with Crippen molar-refractivity contribution in [3.8, 4) is 5.75 Å². The normalized spacial score (nSPS) is 14.2. The summed E-state index contributed by atoms with van der Waals surface area (Å²) in [6, 6.07) is 18.9. The Balaban J connectivity index is 1.66. The van der Waals surface area contributed by atoms with Crippen LogP contribution in [0.25, 0.3) is 0 Å². The summed E-state index contributed by atoms with van der Waals surface area (Å²) in [5.41, 5.74) is 1.23. The van der Waals surface area contributed by atoms with Crippen LogP contribution in [0.1, 0.15) is 47.0 Å². The van der Waals surface area contributed by atoms with E-state index >= 15 is 0 Å². The highest BCUT2D eigenvalue weighted by atomic mass is 32.1. The van der Waals surface area contributed by atoms with Crippen LogP contribution in [-0.2, 0) is 9.59 Å². The predicted octanol–water partition coefficient (Wildman–Crippen LogP) is 4.32. The molecule has 0 aliphatic heterocycles. The van der Waals surface area contributed by atoms with Crippen LogP contribution in [0.4, 0.5) is 5.69 Å². The van der Waals surface area contributed by atoms with E-state index in [9.17, 15) is 14.4 Å². The molecule has 1 aromatic heterocycles. The topological polar surface area (TPSA) is 87.7 Å². The number of carbonyl (C=O) groups is 3. The van der Waals surface area contributed by atoms with E-state index in [0.29, 0.717) is 21.9 Å². The summed E-state index contributed by atoms with van der Waals surface area (Å²) in [6.45, 7) is -0.241. The number of nitrogens with zero attached hydrogens (tertiary/aromatic N) is 1. The van der Waals surface area contributed by atoms with Gasteiger partial charge in [0.25, 0.3) is 5.91 Å². The maximum atomic E-state index is 13.7. The zero-order valence-electron chi connectivity index (χ0n) is 19.6. The molecule has 2 aromatic carbocycles. The molecule has 1 heterocycles. The largest absolute Gasteiger partial charge is 0.497 e. The van der Waals surface area contributed by atoms with Gasteiger partial charge in [-0.05, 0) is 54.1 Å². The first-order valence-electron chi connectivity index (χ1n) is 11.7. The van der Waals surface area contributed by atoms with Gasteiger partial charge in [0.05, 0.1) is 18.5 Å². The number of amides is 3. The Hall–Kier alpha value is -3.65. The van der Waals surface area contributed by atoms with Gasteiger partial charge in [0.1, 0.15) is 11.8 Å². The van der Waals surface area contributed by atoms with Gasteiger partial charge in [-0.25, -0.2) is 0 Å². The number of hydrogen-bond donors (Lipinski definition) is 2. The summed E-state index contributed by atoms with van der Waals surface area (Å²) >= 11 is 1.30. The van der Waals surface area contributed by atoms with Gasteiger partial charge < -0.3 is 15.4 Å². The van der Waals surface area contributed by atoms with Crippen LogP contribution in [0.3, 0.4) is 0 Å². The van der Waals surface area contributed by atoms with Crippen molar-refractivity contribution in [1.82, 2.24) is 10.6 Å². The Kier molecular flexibility index (Phi) is 8.15. The maximum absolute atomic E-state index is 13.7. The molecule has 1 fully saturated rings. The summed E-state index contributed by atoms with van der Waals surface area (Å²) < 4.78 is 5.28.